The first-order valence-electron chi connectivity index (χ1n) is 7.59. The van der Waals surface area contributed by atoms with Crippen molar-refractivity contribution in [1.29, 1.82) is 0 Å². The highest BCUT2D eigenvalue weighted by molar-refractivity contribution is 7.16. The maximum absolute atomic E-state index is 12.5. The number of benzene rings is 1. The van der Waals surface area contributed by atoms with Gasteiger partial charge in [0.25, 0.3) is 5.91 Å². The molecule has 1 aliphatic rings. The van der Waals surface area contributed by atoms with E-state index in [0.29, 0.717) is 39.9 Å². The number of rotatable bonds is 2. The van der Waals surface area contributed by atoms with Crippen LogP contribution in [0, 0.1) is 26.2 Å². The largest absolute Gasteiger partial charge is 0.466 e. The molecule has 0 aliphatic carbocycles. The third-order valence-corrected chi connectivity index (χ3v) is 4.94. The van der Waals surface area contributed by atoms with E-state index in [2.05, 4.69) is 10.9 Å². The second-order valence-electron chi connectivity index (χ2n) is 5.59. The summed E-state index contributed by atoms with van der Waals surface area (Å²) in [6, 6.07) is 5.44. The summed E-state index contributed by atoms with van der Waals surface area (Å²) < 4.78 is 19.0. The van der Waals surface area contributed by atoms with Crippen LogP contribution >= 0.6 is 11.3 Å². The fourth-order valence-corrected chi connectivity index (χ4v) is 3.82. The highest BCUT2D eigenvalue weighted by Gasteiger charge is 2.18. The minimum absolute atomic E-state index is 0.205. The number of aryl methyl sites for hydroxylation is 2. The van der Waals surface area contributed by atoms with Crippen molar-refractivity contribution in [3.05, 3.63) is 40.1 Å². The summed E-state index contributed by atoms with van der Waals surface area (Å²) in [7, 11) is 0. The number of fused-ring (bicyclic) bond motifs is 2. The second kappa shape index (κ2) is 5.83. The molecule has 2 aromatic heterocycles. The van der Waals surface area contributed by atoms with Crippen LogP contribution < -0.4 is 14.3 Å². The zero-order valence-corrected chi connectivity index (χ0v) is 14.5. The Morgan fingerprint density at radius 3 is 2.76 bits per heavy atom. The van der Waals surface area contributed by atoms with Crippen molar-refractivity contribution in [3.8, 4) is 23.8 Å². The highest BCUT2D eigenvalue weighted by Crippen LogP contribution is 2.36. The molecule has 7 heteroatoms. The van der Waals surface area contributed by atoms with Crippen LogP contribution in [0.5, 0.6) is 11.5 Å². The summed E-state index contributed by atoms with van der Waals surface area (Å²) in [5.74, 6) is 4.82. The molecular formula is C18H14N2O4S. The molecule has 0 atom stereocenters. The van der Waals surface area contributed by atoms with Gasteiger partial charge in [0.1, 0.15) is 11.5 Å². The first-order chi connectivity index (χ1) is 12.1. The summed E-state index contributed by atoms with van der Waals surface area (Å²) in [5, 5.41) is 0. The van der Waals surface area contributed by atoms with E-state index in [9.17, 15) is 4.79 Å². The highest BCUT2D eigenvalue weighted by atomic mass is 32.1. The van der Waals surface area contributed by atoms with Crippen molar-refractivity contribution in [1.82, 2.24) is 4.57 Å². The molecule has 3 aromatic rings. The third-order valence-electron chi connectivity index (χ3n) is 3.90. The molecule has 1 amide bonds. The van der Waals surface area contributed by atoms with E-state index in [1.165, 1.54) is 11.3 Å². The van der Waals surface area contributed by atoms with Crippen molar-refractivity contribution in [3.63, 3.8) is 0 Å². The van der Waals surface area contributed by atoms with Crippen LogP contribution in [0.2, 0.25) is 0 Å². The Morgan fingerprint density at radius 1 is 1.32 bits per heavy atom. The number of amides is 1. The van der Waals surface area contributed by atoms with Crippen LogP contribution in [0.15, 0.2) is 27.6 Å². The average Bonchev–Trinajstić information content (AvgIpc) is 3.24. The van der Waals surface area contributed by atoms with Crippen molar-refractivity contribution in [2.45, 2.75) is 20.4 Å². The van der Waals surface area contributed by atoms with Crippen molar-refractivity contribution >= 4 is 27.5 Å². The summed E-state index contributed by atoms with van der Waals surface area (Å²) in [4.78, 5) is 17.3. The van der Waals surface area contributed by atoms with E-state index in [1.807, 2.05) is 16.7 Å². The van der Waals surface area contributed by atoms with E-state index in [1.54, 1.807) is 19.9 Å². The maximum Gasteiger partial charge on any atom is 0.283 e. The number of carbonyl (C=O) groups is 1. The molecule has 3 heterocycles. The number of nitrogens with zero attached hydrogens (tertiary/aromatic N) is 2. The molecule has 0 radical (unpaired) electrons. The van der Waals surface area contributed by atoms with E-state index >= 15 is 0 Å². The number of ether oxygens (including phenoxy) is 2. The molecule has 1 aliphatic heterocycles. The molecule has 4 rings (SSSR count). The van der Waals surface area contributed by atoms with E-state index < -0.39 is 0 Å². The van der Waals surface area contributed by atoms with E-state index in [4.69, 9.17) is 20.3 Å². The predicted molar refractivity (Wildman–Crippen MR) is 92.8 cm³/mol. The lowest BCUT2D eigenvalue weighted by atomic mass is 10.2. The first kappa shape index (κ1) is 15.5. The fraction of sp³-hybridized carbons (Fsp3) is 0.222. The van der Waals surface area contributed by atoms with Crippen LogP contribution in [0.4, 0.5) is 0 Å². The summed E-state index contributed by atoms with van der Waals surface area (Å²) in [6.07, 6.45) is 5.50. The van der Waals surface area contributed by atoms with E-state index in [-0.39, 0.29) is 12.7 Å². The first-order valence-corrected chi connectivity index (χ1v) is 8.41. The quantitative estimate of drug-likeness (QED) is 0.664. The van der Waals surface area contributed by atoms with Crippen LogP contribution in [0.3, 0.4) is 0 Å². The van der Waals surface area contributed by atoms with Gasteiger partial charge in [0.15, 0.2) is 16.3 Å². The number of hydrogen-bond acceptors (Lipinski definition) is 5. The van der Waals surface area contributed by atoms with Crippen molar-refractivity contribution in [2.75, 3.05) is 6.79 Å². The number of aromatic nitrogens is 1. The second-order valence-corrected chi connectivity index (χ2v) is 6.60. The lowest BCUT2D eigenvalue weighted by Crippen LogP contribution is -2.16. The molecule has 0 N–H and O–H groups in total. The van der Waals surface area contributed by atoms with E-state index in [0.717, 1.165) is 10.2 Å². The van der Waals surface area contributed by atoms with Crippen LogP contribution in [-0.2, 0) is 6.54 Å². The molecular weight excluding hydrogens is 340 g/mol. The molecule has 1 aromatic carbocycles. The molecule has 0 bridgehead atoms. The fourth-order valence-electron chi connectivity index (χ4n) is 2.78. The number of furan rings is 1. The van der Waals surface area contributed by atoms with Crippen LogP contribution in [0.1, 0.15) is 21.9 Å². The topological polar surface area (TPSA) is 66.0 Å². The molecule has 0 fully saturated rings. The summed E-state index contributed by atoms with van der Waals surface area (Å²) >= 11 is 1.38. The van der Waals surface area contributed by atoms with Crippen molar-refractivity contribution in [2.24, 2.45) is 4.99 Å². The van der Waals surface area contributed by atoms with Crippen LogP contribution in [0.25, 0.3) is 10.2 Å². The van der Waals surface area contributed by atoms with Gasteiger partial charge in [0, 0.05) is 12.1 Å². The third kappa shape index (κ3) is 2.61. The van der Waals surface area contributed by atoms with Gasteiger partial charge >= 0.3 is 0 Å². The Labute approximate surface area is 147 Å². The molecule has 0 saturated carbocycles. The van der Waals surface area contributed by atoms with Gasteiger partial charge in [-0.25, -0.2) is 0 Å². The standard InChI is InChI=1S/C18H14N2O4S/c1-4-5-20-13-7-14-15(23-9-22-14)8-16(13)25-18(20)19-17(21)12-6-10(2)24-11(12)3/h1,6-8H,5,9H2,2-3H3. The molecule has 0 saturated heterocycles. The molecule has 6 nitrogen and oxygen atoms in total. The molecule has 0 spiro atoms. The Bertz CT molecular complexity index is 1110. The lowest BCUT2D eigenvalue weighted by molar-refractivity contribution is 0.0996. The maximum atomic E-state index is 12.5. The predicted octanol–water partition coefficient (Wildman–Crippen LogP) is 3.02. The molecule has 126 valence electrons. The number of terminal acetylenes is 1. The SMILES string of the molecule is C#CCn1c(=NC(=O)c2cc(C)oc2C)sc2cc3c(cc21)OCO3. The van der Waals surface area contributed by atoms with Gasteiger partial charge in [-0.05, 0) is 19.9 Å². The lowest BCUT2D eigenvalue weighted by Gasteiger charge is -2.01. The Kier molecular flexibility index (Phi) is 3.62. The number of thiazole rings is 1. The monoisotopic (exact) mass is 354 g/mol. The summed E-state index contributed by atoms with van der Waals surface area (Å²) in [5.41, 5.74) is 1.32. The Hall–Kier alpha value is -2.98. The minimum Gasteiger partial charge on any atom is -0.466 e. The van der Waals surface area contributed by atoms with Gasteiger partial charge in [0.05, 0.1) is 22.3 Å². The minimum atomic E-state index is -0.355. The van der Waals surface area contributed by atoms with Gasteiger partial charge in [-0.1, -0.05) is 17.3 Å². The van der Waals surface area contributed by atoms with Crippen molar-refractivity contribution < 1.29 is 18.7 Å². The number of hydrogen-bond donors (Lipinski definition) is 0. The number of carbonyl (C=O) groups excluding carboxylic acids is 1. The molecule has 25 heavy (non-hydrogen) atoms. The van der Waals surface area contributed by atoms with Gasteiger partial charge in [-0.15, -0.1) is 6.42 Å². The molecule has 0 unspecified atom stereocenters. The van der Waals surface area contributed by atoms with Gasteiger partial charge < -0.3 is 18.5 Å². The van der Waals surface area contributed by atoms with Gasteiger partial charge in [-0.2, -0.15) is 4.99 Å². The zero-order valence-electron chi connectivity index (χ0n) is 13.7. The van der Waals surface area contributed by atoms with Crippen LogP contribution in [-0.4, -0.2) is 17.3 Å². The Morgan fingerprint density at radius 2 is 2.08 bits per heavy atom. The zero-order chi connectivity index (χ0) is 17.6. The van der Waals surface area contributed by atoms with Gasteiger partial charge in [-0.3, -0.25) is 4.79 Å². The average molecular weight is 354 g/mol. The van der Waals surface area contributed by atoms with Gasteiger partial charge in [0.2, 0.25) is 6.79 Å². The summed E-state index contributed by atoms with van der Waals surface area (Å²) in [6.45, 7) is 4.05. The Balaban J connectivity index is 1.89. The smallest absolute Gasteiger partial charge is 0.283 e. The normalized spacial score (nSPS) is 13.4.